The number of hydrogen-bond donors (Lipinski definition) is 2. The molecular weight excluding hydrogens is 312 g/mol. The van der Waals surface area contributed by atoms with Crippen LogP contribution in [0.5, 0.6) is 0 Å². The van der Waals surface area contributed by atoms with Crippen molar-refractivity contribution in [3.05, 3.63) is 85.2 Å². The zero-order chi connectivity index (χ0) is 17.1. The third kappa shape index (κ3) is 3.35. The van der Waals surface area contributed by atoms with Gasteiger partial charge in [0.05, 0.1) is 5.69 Å². The van der Waals surface area contributed by atoms with Crippen LogP contribution in [0, 0.1) is 0 Å². The van der Waals surface area contributed by atoms with Crippen LogP contribution in [0.15, 0.2) is 85.2 Å². The molecule has 0 bridgehead atoms. The Hall–Kier alpha value is -3.60. The van der Waals surface area contributed by atoms with Crippen LogP contribution in [0.3, 0.4) is 0 Å². The number of aromatic nitrogens is 2. The number of fused-ring (bicyclic) bond motifs is 1. The van der Waals surface area contributed by atoms with Crippen molar-refractivity contribution >= 4 is 23.1 Å². The number of hydrogen-bond acceptors (Lipinski definition) is 2. The van der Waals surface area contributed by atoms with Crippen molar-refractivity contribution < 1.29 is 4.79 Å². The largest absolute Gasteiger partial charge is 0.323 e. The molecule has 2 N–H and O–H groups in total. The predicted octanol–water partition coefficient (Wildman–Crippen LogP) is 4.65. The molecule has 4 aromatic rings. The number of amides is 2. The van der Waals surface area contributed by atoms with Crippen LogP contribution >= 0.6 is 0 Å². The standard InChI is InChI=1S/C20H16N4O/c25-20(21-16-8-2-1-3-9-16)22-17-10-6-7-15(13-17)18-14-24-12-5-4-11-19(24)23-18/h1-14H,(H2,21,22,25). The molecule has 122 valence electrons. The highest BCUT2D eigenvalue weighted by molar-refractivity contribution is 6.00. The molecule has 2 aromatic heterocycles. The van der Waals surface area contributed by atoms with Gasteiger partial charge in [-0.1, -0.05) is 36.4 Å². The van der Waals surface area contributed by atoms with Gasteiger partial charge < -0.3 is 15.0 Å². The molecule has 5 nitrogen and oxygen atoms in total. The molecule has 0 aliphatic heterocycles. The van der Waals surface area contributed by atoms with Gasteiger partial charge in [-0.3, -0.25) is 0 Å². The van der Waals surface area contributed by atoms with E-state index in [0.717, 1.165) is 22.6 Å². The molecule has 2 amide bonds. The summed E-state index contributed by atoms with van der Waals surface area (Å²) < 4.78 is 1.97. The van der Waals surface area contributed by atoms with Crippen molar-refractivity contribution in [3.63, 3.8) is 0 Å². The van der Waals surface area contributed by atoms with Gasteiger partial charge in [0.25, 0.3) is 0 Å². The minimum atomic E-state index is -0.279. The number of pyridine rings is 1. The smallest absolute Gasteiger partial charge is 0.308 e. The van der Waals surface area contributed by atoms with E-state index in [4.69, 9.17) is 0 Å². The average molecular weight is 328 g/mol. The lowest BCUT2D eigenvalue weighted by molar-refractivity contribution is 0.262. The molecule has 0 fully saturated rings. The molecule has 0 radical (unpaired) electrons. The highest BCUT2D eigenvalue weighted by Crippen LogP contribution is 2.22. The van der Waals surface area contributed by atoms with Gasteiger partial charge in [0.1, 0.15) is 5.65 Å². The predicted molar refractivity (Wildman–Crippen MR) is 99.7 cm³/mol. The Morgan fingerprint density at radius 1 is 0.840 bits per heavy atom. The number of imidazole rings is 1. The van der Waals surface area contributed by atoms with E-state index in [1.54, 1.807) is 0 Å². The normalized spacial score (nSPS) is 10.6. The van der Waals surface area contributed by atoms with Gasteiger partial charge in [-0.25, -0.2) is 9.78 Å². The van der Waals surface area contributed by atoms with Crippen LogP contribution in [0.1, 0.15) is 0 Å². The summed E-state index contributed by atoms with van der Waals surface area (Å²) in [5, 5.41) is 5.65. The third-order valence-corrected chi connectivity index (χ3v) is 3.81. The first-order valence-corrected chi connectivity index (χ1v) is 7.95. The van der Waals surface area contributed by atoms with E-state index in [2.05, 4.69) is 15.6 Å². The first kappa shape index (κ1) is 15.0. The molecule has 0 aliphatic rings. The number of benzene rings is 2. The topological polar surface area (TPSA) is 58.4 Å². The highest BCUT2D eigenvalue weighted by Gasteiger charge is 2.07. The number of nitrogens with one attached hydrogen (secondary N) is 2. The first-order chi connectivity index (χ1) is 12.3. The van der Waals surface area contributed by atoms with Gasteiger partial charge in [-0.15, -0.1) is 0 Å². The van der Waals surface area contributed by atoms with Gasteiger partial charge in [-0.2, -0.15) is 0 Å². The molecule has 0 unspecified atom stereocenters. The second-order valence-corrected chi connectivity index (χ2v) is 5.62. The van der Waals surface area contributed by atoms with Crippen LogP contribution in [0.25, 0.3) is 16.9 Å². The van der Waals surface area contributed by atoms with E-state index in [1.165, 1.54) is 0 Å². The average Bonchev–Trinajstić information content (AvgIpc) is 3.07. The van der Waals surface area contributed by atoms with Gasteiger partial charge in [0.2, 0.25) is 0 Å². The molecule has 0 atom stereocenters. The summed E-state index contributed by atoms with van der Waals surface area (Å²) in [5.74, 6) is 0. The van der Waals surface area contributed by atoms with E-state index < -0.39 is 0 Å². The molecule has 0 spiro atoms. The quantitative estimate of drug-likeness (QED) is 0.575. The summed E-state index contributed by atoms with van der Waals surface area (Å²) in [5.41, 5.74) is 4.15. The molecule has 25 heavy (non-hydrogen) atoms. The van der Waals surface area contributed by atoms with Crippen molar-refractivity contribution in [3.8, 4) is 11.3 Å². The van der Waals surface area contributed by atoms with E-state index in [0.29, 0.717) is 5.69 Å². The summed E-state index contributed by atoms with van der Waals surface area (Å²) in [6, 6.07) is 22.6. The van der Waals surface area contributed by atoms with Crippen LogP contribution in [0.4, 0.5) is 16.2 Å². The molecule has 0 saturated heterocycles. The highest BCUT2D eigenvalue weighted by atomic mass is 16.2. The van der Waals surface area contributed by atoms with E-state index in [9.17, 15) is 4.79 Å². The lowest BCUT2D eigenvalue weighted by Crippen LogP contribution is -2.19. The summed E-state index contributed by atoms with van der Waals surface area (Å²) in [4.78, 5) is 16.7. The molecule has 4 rings (SSSR count). The Kier molecular flexibility index (Phi) is 3.88. The van der Waals surface area contributed by atoms with Crippen LogP contribution in [-0.2, 0) is 0 Å². The third-order valence-electron chi connectivity index (χ3n) is 3.81. The number of nitrogens with zero attached hydrogens (tertiary/aromatic N) is 2. The molecule has 2 heterocycles. The van der Waals surface area contributed by atoms with E-state index in [1.807, 2.05) is 89.6 Å². The molecule has 2 aromatic carbocycles. The van der Waals surface area contributed by atoms with Gasteiger partial charge in [0.15, 0.2) is 0 Å². The minimum absolute atomic E-state index is 0.279. The van der Waals surface area contributed by atoms with Crippen molar-refractivity contribution in [1.29, 1.82) is 0 Å². The summed E-state index contributed by atoms with van der Waals surface area (Å²) in [7, 11) is 0. The summed E-state index contributed by atoms with van der Waals surface area (Å²) in [6.45, 7) is 0. The fourth-order valence-corrected chi connectivity index (χ4v) is 2.64. The number of carbonyl (C=O) groups is 1. The second-order valence-electron chi connectivity index (χ2n) is 5.62. The van der Waals surface area contributed by atoms with Crippen LogP contribution in [0.2, 0.25) is 0 Å². The van der Waals surface area contributed by atoms with Gasteiger partial charge in [0, 0.05) is 29.3 Å². The minimum Gasteiger partial charge on any atom is -0.308 e. The Labute approximate surface area is 145 Å². The lowest BCUT2D eigenvalue weighted by Gasteiger charge is -2.08. The number of carbonyl (C=O) groups excluding carboxylic acids is 1. The van der Waals surface area contributed by atoms with E-state index >= 15 is 0 Å². The van der Waals surface area contributed by atoms with Crippen molar-refractivity contribution in [2.24, 2.45) is 0 Å². The van der Waals surface area contributed by atoms with Crippen LogP contribution < -0.4 is 10.6 Å². The van der Waals surface area contributed by atoms with Gasteiger partial charge in [-0.05, 0) is 36.4 Å². The SMILES string of the molecule is O=C(Nc1ccccc1)Nc1cccc(-c2cn3ccccc3n2)c1. The van der Waals surface area contributed by atoms with Crippen molar-refractivity contribution in [2.75, 3.05) is 10.6 Å². The Balaban J connectivity index is 1.54. The molecule has 0 aliphatic carbocycles. The molecule has 0 saturated carbocycles. The monoisotopic (exact) mass is 328 g/mol. The Morgan fingerprint density at radius 2 is 1.60 bits per heavy atom. The van der Waals surface area contributed by atoms with Crippen molar-refractivity contribution in [1.82, 2.24) is 9.38 Å². The maximum atomic E-state index is 12.1. The zero-order valence-corrected chi connectivity index (χ0v) is 13.4. The number of urea groups is 1. The first-order valence-electron chi connectivity index (χ1n) is 7.95. The number of para-hydroxylation sites is 1. The Morgan fingerprint density at radius 3 is 2.44 bits per heavy atom. The van der Waals surface area contributed by atoms with Crippen molar-refractivity contribution in [2.45, 2.75) is 0 Å². The second kappa shape index (κ2) is 6.49. The fourth-order valence-electron chi connectivity index (χ4n) is 2.64. The zero-order valence-electron chi connectivity index (χ0n) is 13.4. The maximum Gasteiger partial charge on any atom is 0.323 e. The summed E-state index contributed by atoms with van der Waals surface area (Å²) >= 11 is 0. The van der Waals surface area contributed by atoms with Gasteiger partial charge >= 0.3 is 6.03 Å². The van der Waals surface area contributed by atoms with E-state index in [-0.39, 0.29) is 6.03 Å². The lowest BCUT2D eigenvalue weighted by atomic mass is 10.1. The molecule has 5 heteroatoms. The number of rotatable bonds is 3. The summed E-state index contributed by atoms with van der Waals surface area (Å²) in [6.07, 6.45) is 3.93. The molecular formula is C20H16N4O. The Bertz CT molecular complexity index is 991. The maximum absolute atomic E-state index is 12.1. The fraction of sp³-hybridized carbons (Fsp3) is 0. The van der Waals surface area contributed by atoms with Crippen LogP contribution in [-0.4, -0.2) is 15.4 Å². The number of anilines is 2.